The molecular weight excluding hydrogens is 168 g/mol. The Kier molecular flexibility index (Phi) is 5.65. The minimum Gasteiger partial charge on any atom is -0.373 e. The fraction of sp³-hybridized carbons (Fsp3) is 0.667. The molecule has 68 valence electrons. The van der Waals surface area contributed by atoms with Crippen LogP contribution in [0.15, 0.2) is 11.6 Å². The van der Waals surface area contributed by atoms with Crippen molar-refractivity contribution in [3.63, 3.8) is 0 Å². The second-order valence-corrected chi connectivity index (χ2v) is 4.09. The molecule has 12 heavy (non-hydrogen) atoms. The average Bonchev–Trinajstić information content (AvgIpc) is 2.03. The molecule has 2 nitrogen and oxygen atoms in total. The predicted molar refractivity (Wildman–Crippen MR) is 54.7 cm³/mol. The number of rotatable bonds is 5. The number of thioether (sulfide) groups is 1. The van der Waals surface area contributed by atoms with Gasteiger partial charge < -0.3 is 4.90 Å². The molecule has 0 fully saturated rings. The maximum absolute atomic E-state index is 8.76. The van der Waals surface area contributed by atoms with E-state index in [-0.39, 0.29) is 5.25 Å². The van der Waals surface area contributed by atoms with E-state index in [1.165, 1.54) is 0 Å². The summed E-state index contributed by atoms with van der Waals surface area (Å²) in [6.45, 7) is 5.95. The molecule has 0 aliphatic carbocycles. The van der Waals surface area contributed by atoms with Crippen LogP contribution in [0, 0.1) is 11.3 Å². The summed E-state index contributed by atoms with van der Waals surface area (Å²) in [5.74, 6) is 0. The van der Waals surface area contributed by atoms with E-state index in [1.807, 2.05) is 19.0 Å². The van der Waals surface area contributed by atoms with Crippen LogP contribution < -0.4 is 0 Å². The number of nitriles is 1. The molecule has 0 bridgehead atoms. The third-order valence-electron chi connectivity index (χ3n) is 1.47. The fourth-order valence-electron chi connectivity index (χ4n) is 0.682. The summed E-state index contributed by atoms with van der Waals surface area (Å²) in [4.78, 5) is 1.94. The molecule has 0 saturated carbocycles. The van der Waals surface area contributed by atoms with Crippen molar-refractivity contribution in [2.75, 3.05) is 14.1 Å². The molecule has 0 saturated heterocycles. The molecule has 0 spiro atoms. The maximum Gasteiger partial charge on any atom is 0.0977 e. The van der Waals surface area contributed by atoms with Crippen molar-refractivity contribution in [1.82, 2.24) is 4.90 Å². The smallest absolute Gasteiger partial charge is 0.0977 e. The first-order valence-electron chi connectivity index (χ1n) is 4.04. The number of nitrogens with zero attached hydrogens (tertiary/aromatic N) is 2. The Bertz CT molecular complexity index is 181. The Morgan fingerprint density at radius 3 is 2.58 bits per heavy atom. The fourth-order valence-corrected chi connectivity index (χ4v) is 1.63. The Morgan fingerprint density at radius 1 is 1.67 bits per heavy atom. The van der Waals surface area contributed by atoms with Crippen LogP contribution in [0.3, 0.4) is 0 Å². The lowest BCUT2D eigenvalue weighted by molar-refractivity contribution is 0.551. The highest BCUT2D eigenvalue weighted by atomic mass is 32.2. The van der Waals surface area contributed by atoms with Gasteiger partial charge in [0.25, 0.3) is 0 Å². The van der Waals surface area contributed by atoms with E-state index in [2.05, 4.69) is 19.6 Å². The van der Waals surface area contributed by atoms with Crippen molar-refractivity contribution in [2.45, 2.75) is 25.0 Å². The van der Waals surface area contributed by atoms with Crippen molar-refractivity contribution in [3.05, 3.63) is 11.6 Å². The Morgan fingerprint density at radius 2 is 2.25 bits per heavy atom. The van der Waals surface area contributed by atoms with E-state index in [4.69, 9.17) is 5.26 Å². The molecule has 0 aliphatic rings. The SMILES string of the molecule is C=C(S[C@H](C#N)CCC)N(C)C. The van der Waals surface area contributed by atoms with Gasteiger partial charge in [-0.05, 0) is 6.42 Å². The van der Waals surface area contributed by atoms with Crippen molar-refractivity contribution >= 4 is 11.8 Å². The summed E-state index contributed by atoms with van der Waals surface area (Å²) >= 11 is 1.55. The Balaban J connectivity index is 3.88. The van der Waals surface area contributed by atoms with Crippen molar-refractivity contribution in [1.29, 1.82) is 5.26 Å². The van der Waals surface area contributed by atoms with Gasteiger partial charge in [0.05, 0.1) is 16.3 Å². The van der Waals surface area contributed by atoms with E-state index in [9.17, 15) is 0 Å². The van der Waals surface area contributed by atoms with E-state index in [1.54, 1.807) is 11.8 Å². The van der Waals surface area contributed by atoms with Crippen LogP contribution >= 0.6 is 11.8 Å². The van der Waals surface area contributed by atoms with Gasteiger partial charge >= 0.3 is 0 Å². The molecule has 1 atom stereocenters. The van der Waals surface area contributed by atoms with Crippen LogP contribution in [-0.2, 0) is 0 Å². The highest BCUT2D eigenvalue weighted by Crippen LogP contribution is 2.24. The Labute approximate surface area is 79.2 Å². The third-order valence-corrected chi connectivity index (χ3v) is 2.73. The largest absolute Gasteiger partial charge is 0.373 e. The monoisotopic (exact) mass is 184 g/mol. The van der Waals surface area contributed by atoms with E-state index >= 15 is 0 Å². The van der Waals surface area contributed by atoms with Crippen LogP contribution in [0.2, 0.25) is 0 Å². The van der Waals surface area contributed by atoms with Gasteiger partial charge in [0, 0.05) is 14.1 Å². The topological polar surface area (TPSA) is 27.0 Å². The molecule has 3 heteroatoms. The zero-order valence-electron chi connectivity index (χ0n) is 8.00. The summed E-state index contributed by atoms with van der Waals surface area (Å²) in [5, 5.41) is 9.77. The molecule has 0 aromatic heterocycles. The van der Waals surface area contributed by atoms with Crippen LogP contribution in [0.5, 0.6) is 0 Å². The van der Waals surface area contributed by atoms with Gasteiger partial charge in [0.2, 0.25) is 0 Å². The molecule has 0 aromatic carbocycles. The first-order valence-corrected chi connectivity index (χ1v) is 4.92. The van der Waals surface area contributed by atoms with Crippen LogP contribution in [0.25, 0.3) is 0 Å². The van der Waals surface area contributed by atoms with Gasteiger partial charge in [-0.2, -0.15) is 5.26 Å². The standard InChI is InChI=1S/C9H16N2S/c1-5-6-9(7-10)12-8(2)11(3)4/h9H,2,5-6H2,1,3-4H3/t9-/m0/s1. The summed E-state index contributed by atoms with van der Waals surface area (Å²) in [5.41, 5.74) is 0. The molecular formula is C9H16N2S. The van der Waals surface area contributed by atoms with Gasteiger partial charge in [-0.1, -0.05) is 31.7 Å². The second-order valence-electron chi connectivity index (χ2n) is 2.81. The first-order chi connectivity index (χ1) is 5.61. The zero-order chi connectivity index (χ0) is 9.56. The normalized spacial score (nSPS) is 11.8. The minimum atomic E-state index is 0.0601. The van der Waals surface area contributed by atoms with E-state index in [0.29, 0.717) is 0 Å². The molecule has 0 heterocycles. The summed E-state index contributed by atoms with van der Waals surface area (Å²) < 4.78 is 0. The highest BCUT2D eigenvalue weighted by molar-refractivity contribution is 8.03. The summed E-state index contributed by atoms with van der Waals surface area (Å²) in [6.07, 6.45) is 1.99. The minimum absolute atomic E-state index is 0.0601. The van der Waals surface area contributed by atoms with Gasteiger partial charge in [0.1, 0.15) is 0 Å². The van der Waals surface area contributed by atoms with Crippen LogP contribution in [0.4, 0.5) is 0 Å². The molecule has 0 aliphatic heterocycles. The summed E-state index contributed by atoms with van der Waals surface area (Å²) in [6, 6.07) is 2.26. The van der Waals surface area contributed by atoms with E-state index in [0.717, 1.165) is 17.9 Å². The molecule has 0 N–H and O–H groups in total. The highest BCUT2D eigenvalue weighted by Gasteiger charge is 2.09. The molecule has 0 rings (SSSR count). The molecule has 0 aromatic rings. The Hall–Kier alpha value is -0.620. The number of hydrogen-bond acceptors (Lipinski definition) is 3. The van der Waals surface area contributed by atoms with Crippen molar-refractivity contribution in [3.8, 4) is 6.07 Å². The van der Waals surface area contributed by atoms with Gasteiger partial charge in [-0.25, -0.2) is 0 Å². The lowest BCUT2D eigenvalue weighted by Crippen LogP contribution is -2.10. The molecule has 0 radical (unpaired) electrons. The van der Waals surface area contributed by atoms with Gasteiger partial charge in [0.15, 0.2) is 0 Å². The van der Waals surface area contributed by atoms with Crippen molar-refractivity contribution in [2.24, 2.45) is 0 Å². The molecule has 0 unspecified atom stereocenters. The average molecular weight is 184 g/mol. The zero-order valence-corrected chi connectivity index (χ0v) is 8.82. The lowest BCUT2D eigenvalue weighted by atomic mass is 10.3. The quantitative estimate of drug-likeness (QED) is 0.656. The third kappa shape index (κ3) is 4.30. The maximum atomic E-state index is 8.76. The summed E-state index contributed by atoms with van der Waals surface area (Å²) in [7, 11) is 3.88. The van der Waals surface area contributed by atoms with Crippen LogP contribution in [-0.4, -0.2) is 24.2 Å². The van der Waals surface area contributed by atoms with Gasteiger partial charge in [-0.3, -0.25) is 0 Å². The number of hydrogen-bond donors (Lipinski definition) is 0. The first kappa shape index (κ1) is 11.4. The lowest BCUT2D eigenvalue weighted by Gasteiger charge is -2.16. The second kappa shape index (κ2) is 5.96. The van der Waals surface area contributed by atoms with Crippen LogP contribution in [0.1, 0.15) is 19.8 Å². The molecule has 0 amide bonds. The van der Waals surface area contributed by atoms with E-state index < -0.39 is 0 Å². The van der Waals surface area contributed by atoms with Crippen molar-refractivity contribution < 1.29 is 0 Å². The van der Waals surface area contributed by atoms with Gasteiger partial charge in [-0.15, -0.1) is 0 Å². The predicted octanol–water partition coefficient (Wildman–Crippen LogP) is 2.44.